The van der Waals surface area contributed by atoms with Gasteiger partial charge in [-0.1, -0.05) is 170 Å². The molecule has 11 rings (SSSR count). The Hall–Kier alpha value is -6.96. The standard InChI is InChI=1S/C52H32O/c1-3-13-33(14-4-1)39-28-30-48-51-41(39)23-12-24-44(51)46-32-37(26-29-47(46)53-48)36-18-11-19-38(31-36)49-42-21-9-10-22-43(42)50(35-16-5-2-6-17-35)52-40-20-8-7-15-34(40)25-27-45(49)52/h1-32H. The maximum absolute atomic E-state index is 6.60. The molecule has 246 valence electrons. The zero-order chi connectivity index (χ0) is 34.9. The van der Waals surface area contributed by atoms with E-state index in [-0.39, 0.29) is 0 Å². The lowest BCUT2D eigenvalue weighted by Crippen LogP contribution is -1.98. The van der Waals surface area contributed by atoms with Crippen LogP contribution in [0.15, 0.2) is 194 Å². The van der Waals surface area contributed by atoms with Gasteiger partial charge in [-0.2, -0.15) is 0 Å². The fraction of sp³-hybridized carbons (Fsp3) is 0. The van der Waals surface area contributed by atoms with Gasteiger partial charge in [0, 0.05) is 10.9 Å². The Balaban J connectivity index is 1.11. The monoisotopic (exact) mass is 672 g/mol. The van der Waals surface area contributed by atoms with Gasteiger partial charge in [0.05, 0.1) is 0 Å². The van der Waals surface area contributed by atoms with Crippen molar-refractivity contribution in [3.8, 4) is 67.1 Å². The number of fused-ring (bicyclic) bond motifs is 6. The summed E-state index contributed by atoms with van der Waals surface area (Å²) in [4.78, 5) is 0. The minimum absolute atomic E-state index is 0.887. The van der Waals surface area contributed by atoms with Crippen LogP contribution in [0.4, 0.5) is 0 Å². The molecular formula is C52H32O. The van der Waals surface area contributed by atoms with E-state index in [2.05, 4.69) is 194 Å². The van der Waals surface area contributed by atoms with Crippen LogP contribution in [0.1, 0.15) is 0 Å². The zero-order valence-electron chi connectivity index (χ0n) is 28.9. The number of benzene rings is 10. The summed E-state index contributed by atoms with van der Waals surface area (Å²) in [6.07, 6.45) is 0. The van der Waals surface area contributed by atoms with Crippen LogP contribution in [0.5, 0.6) is 11.5 Å². The molecule has 10 aromatic carbocycles. The summed E-state index contributed by atoms with van der Waals surface area (Å²) in [6.45, 7) is 0. The molecule has 0 radical (unpaired) electrons. The molecule has 0 saturated carbocycles. The van der Waals surface area contributed by atoms with Gasteiger partial charge < -0.3 is 4.74 Å². The number of ether oxygens (including phenoxy) is 1. The second-order valence-electron chi connectivity index (χ2n) is 14.0. The Morgan fingerprint density at radius 3 is 1.72 bits per heavy atom. The van der Waals surface area contributed by atoms with E-state index in [1.54, 1.807) is 0 Å². The Kier molecular flexibility index (Phi) is 6.62. The predicted octanol–water partition coefficient (Wildman–Crippen LogP) is 14.7. The molecule has 0 unspecified atom stereocenters. The van der Waals surface area contributed by atoms with Gasteiger partial charge in [-0.05, 0) is 112 Å². The summed E-state index contributed by atoms with van der Waals surface area (Å²) in [6, 6.07) is 70.4. The van der Waals surface area contributed by atoms with E-state index in [0.29, 0.717) is 0 Å². The molecule has 0 bridgehead atoms. The van der Waals surface area contributed by atoms with E-state index in [1.165, 1.54) is 82.2 Å². The number of rotatable bonds is 4. The Bertz CT molecular complexity index is 3070. The fourth-order valence-corrected chi connectivity index (χ4v) is 8.70. The minimum Gasteiger partial charge on any atom is -0.456 e. The summed E-state index contributed by atoms with van der Waals surface area (Å²) in [5.74, 6) is 1.79. The Labute approximate surface area is 308 Å². The molecule has 0 atom stereocenters. The molecule has 1 aliphatic rings. The molecule has 0 N–H and O–H groups in total. The molecule has 0 amide bonds. The molecule has 0 fully saturated rings. The van der Waals surface area contributed by atoms with Crippen molar-refractivity contribution in [2.75, 3.05) is 0 Å². The van der Waals surface area contributed by atoms with Gasteiger partial charge in [0.25, 0.3) is 0 Å². The molecule has 1 heterocycles. The topological polar surface area (TPSA) is 9.23 Å². The maximum Gasteiger partial charge on any atom is 0.135 e. The highest BCUT2D eigenvalue weighted by molar-refractivity contribution is 6.28. The lowest BCUT2D eigenvalue weighted by Gasteiger charge is -2.23. The molecular weight excluding hydrogens is 641 g/mol. The second kappa shape index (κ2) is 11.8. The van der Waals surface area contributed by atoms with Gasteiger partial charge >= 0.3 is 0 Å². The van der Waals surface area contributed by atoms with Crippen LogP contribution in [0.25, 0.3) is 98.7 Å². The third-order valence-electron chi connectivity index (χ3n) is 11.0. The van der Waals surface area contributed by atoms with E-state index in [4.69, 9.17) is 4.74 Å². The van der Waals surface area contributed by atoms with Gasteiger partial charge in [-0.25, -0.2) is 0 Å². The average molecular weight is 673 g/mol. The Morgan fingerprint density at radius 1 is 0.264 bits per heavy atom. The first kappa shape index (κ1) is 29.7. The highest BCUT2D eigenvalue weighted by atomic mass is 16.5. The normalized spacial score (nSPS) is 11.9. The summed E-state index contributed by atoms with van der Waals surface area (Å²) in [7, 11) is 0. The maximum atomic E-state index is 6.60. The van der Waals surface area contributed by atoms with Crippen molar-refractivity contribution in [3.05, 3.63) is 194 Å². The van der Waals surface area contributed by atoms with Crippen molar-refractivity contribution in [1.29, 1.82) is 0 Å². The molecule has 1 nitrogen and oxygen atoms in total. The average Bonchev–Trinajstić information content (AvgIpc) is 3.23. The van der Waals surface area contributed by atoms with Crippen molar-refractivity contribution in [1.82, 2.24) is 0 Å². The van der Waals surface area contributed by atoms with Crippen molar-refractivity contribution in [3.63, 3.8) is 0 Å². The van der Waals surface area contributed by atoms with E-state index < -0.39 is 0 Å². The van der Waals surface area contributed by atoms with Crippen LogP contribution >= 0.6 is 0 Å². The molecule has 0 aliphatic carbocycles. The first-order chi connectivity index (χ1) is 26.3. The molecule has 1 aliphatic heterocycles. The van der Waals surface area contributed by atoms with Crippen LogP contribution in [-0.2, 0) is 0 Å². The van der Waals surface area contributed by atoms with E-state index in [0.717, 1.165) is 28.0 Å². The van der Waals surface area contributed by atoms with Crippen molar-refractivity contribution in [2.45, 2.75) is 0 Å². The summed E-state index contributed by atoms with van der Waals surface area (Å²) < 4.78 is 6.60. The molecule has 0 saturated heterocycles. The highest BCUT2D eigenvalue weighted by Crippen LogP contribution is 2.50. The predicted molar refractivity (Wildman–Crippen MR) is 224 cm³/mol. The fourth-order valence-electron chi connectivity index (χ4n) is 8.70. The van der Waals surface area contributed by atoms with Crippen LogP contribution in [0.2, 0.25) is 0 Å². The quantitative estimate of drug-likeness (QED) is 0.134. The molecule has 10 aromatic rings. The van der Waals surface area contributed by atoms with Crippen LogP contribution < -0.4 is 4.74 Å². The van der Waals surface area contributed by atoms with Gasteiger partial charge in [-0.15, -0.1) is 0 Å². The van der Waals surface area contributed by atoms with Crippen LogP contribution in [-0.4, -0.2) is 0 Å². The second-order valence-corrected chi connectivity index (χ2v) is 14.0. The smallest absolute Gasteiger partial charge is 0.135 e. The summed E-state index contributed by atoms with van der Waals surface area (Å²) in [5.41, 5.74) is 12.1. The van der Waals surface area contributed by atoms with Gasteiger partial charge in [0.1, 0.15) is 11.5 Å². The number of hydrogen-bond acceptors (Lipinski definition) is 1. The molecule has 53 heavy (non-hydrogen) atoms. The van der Waals surface area contributed by atoms with E-state index in [1.807, 2.05) is 0 Å². The first-order valence-corrected chi connectivity index (χ1v) is 18.3. The van der Waals surface area contributed by atoms with Gasteiger partial charge in [0.2, 0.25) is 0 Å². The van der Waals surface area contributed by atoms with E-state index in [9.17, 15) is 0 Å². The third-order valence-corrected chi connectivity index (χ3v) is 11.0. The largest absolute Gasteiger partial charge is 0.456 e. The zero-order valence-corrected chi connectivity index (χ0v) is 28.9. The van der Waals surface area contributed by atoms with Crippen LogP contribution in [0.3, 0.4) is 0 Å². The van der Waals surface area contributed by atoms with Gasteiger partial charge in [0.15, 0.2) is 0 Å². The Morgan fingerprint density at radius 2 is 0.887 bits per heavy atom. The van der Waals surface area contributed by atoms with E-state index >= 15 is 0 Å². The third kappa shape index (κ3) is 4.64. The highest BCUT2D eigenvalue weighted by Gasteiger charge is 2.23. The lowest BCUT2D eigenvalue weighted by atomic mass is 9.83. The van der Waals surface area contributed by atoms with Crippen molar-refractivity contribution >= 4 is 43.1 Å². The first-order valence-electron chi connectivity index (χ1n) is 18.3. The lowest BCUT2D eigenvalue weighted by molar-refractivity contribution is 0.487. The van der Waals surface area contributed by atoms with Crippen LogP contribution in [0, 0.1) is 0 Å². The minimum atomic E-state index is 0.887. The van der Waals surface area contributed by atoms with Crippen molar-refractivity contribution < 1.29 is 4.74 Å². The van der Waals surface area contributed by atoms with Gasteiger partial charge in [-0.3, -0.25) is 0 Å². The molecule has 0 spiro atoms. The molecule has 1 heteroatoms. The SMILES string of the molecule is c1ccc(-c2ccc3c4c(cccc24)-c2cc(-c4cccc(-c5c6ccccc6c(-c6ccccc6)c6c5ccc5ccccc56)c4)ccc2O3)cc1. The molecule has 0 aromatic heterocycles. The summed E-state index contributed by atoms with van der Waals surface area (Å²) in [5, 5.41) is 9.95. The summed E-state index contributed by atoms with van der Waals surface area (Å²) >= 11 is 0. The van der Waals surface area contributed by atoms with Crippen molar-refractivity contribution in [2.24, 2.45) is 0 Å². The number of hydrogen-bond donors (Lipinski definition) is 0.